The highest BCUT2D eigenvalue weighted by Crippen LogP contribution is 2.31. The van der Waals surface area contributed by atoms with Crippen LogP contribution in [0.3, 0.4) is 0 Å². The third-order valence-corrected chi connectivity index (χ3v) is 7.03. The van der Waals surface area contributed by atoms with Gasteiger partial charge in [-0.15, -0.1) is 0 Å². The second kappa shape index (κ2) is 9.83. The van der Waals surface area contributed by atoms with E-state index in [1.807, 2.05) is 0 Å². The summed E-state index contributed by atoms with van der Waals surface area (Å²) in [6.45, 7) is 0.479. The smallest absolute Gasteiger partial charge is 0.292 e. The topological polar surface area (TPSA) is 131 Å². The molecule has 0 radical (unpaired) electrons. The first-order chi connectivity index (χ1) is 15.3. The average Bonchev–Trinajstić information content (AvgIpc) is 2.82. The van der Waals surface area contributed by atoms with Crippen molar-refractivity contribution in [3.05, 3.63) is 52.6 Å². The molecule has 1 N–H and O–H groups in total. The maximum absolute atomic E-state index is 13.1. The van der Waals surface area contributed by atoms with E-state index < -0.39 is 14.9 Å². The Morgan fingerprint density at radius 3 is 2.41 bits per heavy atom. The molecule has 12 heteroatoms. The Kier molecular flexibility index (Phi) is 7.15. The number of rotatable bonds is 8. The number of para-hydroxylation sites is 2. The molecule has 0 unspecified atom stereocenters. The number of carbonyl (C=O) groups is 1. The number of benzene rings is 2. The molecule has 2 aromatic rings. The number of amides is 1. The Bertz CT molecular complexity index is 1100. The fourth-order valence-corrected chi connectivity index (χ4v) is 4.96. The van der Waals surface area contributed by atoms with Crippen LogP contribution in [0, 0.1) is 10.1 Å². The minimum atomic E-state index is -3.86. The molecule has 1 saturated heterocycles. The van der Waals surface area contributed by atoms with Gasteiger partial charge in [0, 0.05) is 38.3 Å². The zero-order chi connectivity index (χ0) is 23.3. The van der Waals surface area contributed by atoms with Crippen molar-refractivity contribution in [2.24, 2.45) is 0 Å². The van der Waals surface area contributed by atoms with Crippen molar-refractivity contribution in [3.8, 4) is 11.5 Å². The second-order valence-electron chi connectivity index (χ2n) is 6.93. The summed E-state index contributed by atoms with van der Waals surface area (Å²) >= 11 is 0. The zero-order valence-electron chi connectivity index (χ0n) is 17.7. The van der Waals surface area contributed by atoms with Gasteiger partial charge in [-0.2, -0.15) is 4.31 Å². The first-order valence-corrected chi connectivity index (χ1v) is 11.2. The van der Waals surface area contributed by atoms with Crippen LogP contribution in [0.4, 0.5) is 11.4 Å². The summed E-state index contributed by atoms with van der Waals surface area (Å²) in [6.07, 6.45) is 0. The van der Waals surface area contributed by atoms with E-state index in [0.29, 0.717) is 5.75 Å². The highest BCUT2D eigenvalue weighted by Gasteiger charge is 2.32. The molecule has 1 heterocycles. The van der Waals surface area contributed by atoms with Gasteiger partial charge in [0.25, 0.3) is 5.69 Å². The Morgan fingerprint density at radius 2 is 1.78 bits per heavy atom. The van der Waals surface area contributed by atoms with Crippen LogP contribution in [0.25, 0.3) is 0 Å². The number of sulfonamides is 1. The van der Waals surface area contributed by atoms with Crippen molar-refractivity contribution in [1.82, 2.24) is 9.21 Å². The summed E-state index contributed by atoms with van der Waals surface area (Å²) in [4.78, 5) is 24.6. The number of ether oxygens (including phenoxy) is 2. The molecule has 0 aliphatic carbocycles. The quantitative estimate of drug-likeness (QED) is 0.460. The predicted octanol–water partition coefficient (Wildman–Crippen LogP) is 1.56. The van der Waals surface area contributed by atoms with E-state index in [1.165, 1.54) is 47.7 Å². The molecule has 0 saturated carbocycles. The van der Waals surface area contributed by atoms with Crippen LogP contribution in [-0.4, -0.2) is 75.4 Å². The number of nitrogens with one attached hydrogen (secondary N) is 1. The highest BCUT2D eigenvalue weighted by molar-refractivity contribution is 7.89. The van der Waals surface area contributed by atoms with E-state index in [0.717, 1.165) is 0 Å². The molecule has 0 atom stereocenters. The van der Waals surface area contributed by atoms with Crippen LogP contribution < -0.4 is 14.8 Å². The Balaban J connectivity index is 1.64. The van der Waals surface area contributed by atoms with Gasteiger partial charge in [-0.1, -0.05) is 12.1 Å². The summed E-state index contributed by atoms with van der Waals surface area (Å²) in [5.41, 5.74) is 0.126. The van der Waals surface area contributed by atoms with Crippen molar-refractivity contribution < 1.29 is 27.6 Å². The van der Waals surface area contributed by atoms with Gasteiger partial charge in [-0.25, -0.2) is 8.42 Å². The molecular formula is C20H24N4O7S. The number of hydrogen-bond acceptors (Lipinski definition) is 8. The minimum Gasteiger partial charge on any atom is -0.497 e. The molecule has 3 rings (SSSR count). The van der Waals surface area contributed by atoms with E-state index in [4.69, 9.17) is 9.47 Å². The summed E-state index contributed by atoms with van der Waals surface area (Å²) in [5.74, 6) is 0.316. The number of piperazine rings is 1. The Morgan fingerprint density at radius 1 is 1.09 bits per heavy atom. The number of nitro benzene ring substituents is 1. The van der Waals surface area contributed by atoms with E-state index in [9.17, 15) is 23.3 Å². The van der Waals surface area contributed by atoms with Gasteiger partial charge < -0.3 is 19.7 Å². The van der Waals surface area contributed by atoms with Gasteiger partial charge in [0.15, 0.2) is 0 Å². The number of nitro groups is 1. The maximum Gasteiger partial charge on any atom is 0.292 e. The molecule has 1 aliphatic heterocycles. The van der Waals surface area contributed by atoms with Crippen LogP contribution in [0.5, 0.6) is 11.5 Å². The highest BCUT2D eigenvalue weighted by atomic mass is 32.2. The van der Waals surface area contributed by atoms with Crippen LogP contribution in [0.2, 0.25) is 0 Å². The molecule has 1 aliphatic rings. The van der Waals surface area contributed by atoms with E-state index >= 15 is 0 Å². The third kappa shape index (κ3) is 4.92. The molecule has 0 spiro atoms. The standard InChI is InChI=1S/C20H24N4O7S/c1-30-15-7-8-18(31-2)19(13-15)32(28,29)23-11-9-22(10-12-23)20(25)14-21-16-5-3-4-6-17(16)24(26)27/h3-8,13,21H,9-12,14H2,1-2H3. The van der Waals surface area contributed by atoms with Crippen LogP contribution in [0.15, 0.2) is 47.4 Å². The van der Waals surface area contributed by atoms with Crippen molar-refractivity contribution in [2.45, 2.75) is 4.90 Å². The van der Waals surface area contributed by atoms with Crippen LogP contribution in [-0.2, 0) is 14.8 Å². The maximum atomic E-state index is 13.1. The summed E-state index contributed by atoms with van der Waals surface area (Å²) in [6, 6.07) is 10.6. The fraction of sp³-hybridized carbons (Fsp3) is 0.350. The monoisotopic (exact) mass is 464 g/mol. The third-order valence-electron chi connectivity index (χ3n) is 5.11. The molecule has 32 heavy (non-hydrogen) atoms. The molecule has 11 nitrogen and oxygen atoms in total. The van der Waals surface area contributed by atoms with Gasteiger partial charge in [0.2, 0.25) is 15.9 Å². The molecular weight excluding hydrogens is 440 g/mol. The second-order valence-corrected chi connectivity index (χ2v) is 8.84. The van der Waals surface area contributed by atoms with Crippen molar-refractivity contribution in [1.29, 1.82) is 0 Å². The lowest BCUT2D eigenvalue weighted by Crippen LogP contribution is -2.51. The van der Waals surface area contributed by atoms with Gasteiger partial charge >= 0.3 is 0 Å². The predicted molar refractivity (Wildman–Crippen MR) is 116 cm³/mol. The SMILES string of the molecule is COc1ccc(OC)c(S(=O)(=O)N2CCN(C(=O)CNc3ccccc3[N+](=O)[O-])CC2)c1. The first-order valence-electron chi connectivity index (χ1n) is 9.75. The van der Waals surface area contributed by atoms with Gasteiger partial charge in [-0.05, 0) is 18.2 Å². The van der Waals surface area contributed by atoms with E-state index in [2.05, 4.69) is 5.32 Å². The average molecular weight is 465 g/mol. The molecule has 0 bridgehead atoms. The van der Waals surface area contributed by atoms with Crippen molar-refractivity contribution in [3.63, 3.8) is 0 Å². The summed E-state index contributed by atoms with van der Waals surface area (Å²) in [7, 11) is -1.02. The van der Waals surface area contributed by atoms with Crippen molar-refractivity contribution >= 4 is 27.3 Å². The lowest BCUT2D eigenvalue weighted by atomic mass is 10.2. The summed E-state index contributed by atoms with van der Waals surface area (Å²) in [5, 5.41) is 13.9. The van der Waals surface area contributed by atoms with Crippen LogP contribution in [0.1, 0.15) is 0 Å². The van der Waals surface area contributed by atoms with Gasteiger partial charge in [0.05, 0.1) is 25.7 Å². The molecule has 1 fully saturated rings. The number of carbonyl (C=O) groups excluding carboxylic acids is 1. The lowest BCUT2D eigenvalue weighted by Gasteiger charge is -2.34. The largest absolute Gasteiger partial charge is 0.497 e. The first kappa shape index (κ1) is 23.3. The van der Waals surface area contributed by atoms with Crippen molar-refractivity contribution in [2.75, 3.05) is 52.3 Å². The number of anilines is 1. The fourth-order valence-electron chi connectivity index (χ4n) is 3.37. The minimum absolute atomic E-state index is 0.00261. The zero-order valence-corrected chi connectivity index (χ0v) is 18.5. The van der Waals surface area contributed by atoms with Gasteiger partial charge in [0.1, 0.15) is 22.1 Å². The number of hydrogen-bond donors (Lipinski definition) is 1. The van der Waals surface area contributed by atoms with E-state index in [-0.39, 0.29) is 60.7 Å². The summed E-state index contributed by atoms with van der Waals surface area (Å²) < 4.78 is 37.9. The lowest BCUT2D eigenvalue weighted by molar-refractivity contribution is -0.383. The number of nitrogens with zero attached hydrogens (tertiary/aromatic N) is 3. The van der Waals surface area contributed by atoms with Gasteiger partial charge in [-0.3, -0.25) is 14.9 Å². The molecule has 0 aromatic heterocycles. The van der Waals surface area contributed by atoms with E-state index in [1.54, 1.807) is 18.2 Å². The Hall–Kier alpha value is -3.38. The number of methoxy groups -OCH3 is 2. The molecule has 2 aromatic carbocycles. The normalized spacial score (nSPS) is 14.6. The van der Waals surface area contributed by atoms with Crippen LogP contribution >= 0.6 is 0 Å². The Labute approximate surface area is 185 Å². The molecule has 172 valence electrons. The molecule has 1 amide bonds.